The Balaban J connectivity index is 1.80. The van der Waals surface area contributed by atoms with Gasteiger partial charge in [-0.05, 0) is 12.8 Å². The van der Waals surface area contributed by atoms with Crippen molar-refractivity contribution in [1.29, 1.82) is 0 Å². The van der Waals surface area contributed by atoms with Gasteiger partial charge in [-0.3, -0.25) is 19.1 Å². The van der Waals surface area contributed by atoms with Gasteiger partial charge >= 0.3 is 17.9 Å². The van der Waals surface area contributed by atoms with E-state index in [0.29, 0.717) is 0 Å². The molecule has 0 aromatic rings. The molecule has 3 fully saturated rings. The fourth-order valence-electron chi connectivity index (χ4n) is 4.12. The zero-order valence-corrected chi connectivity index (χ0v) is 17.8. The Bertz CT molecular complexity index is 645. The first-order valence-corrected chi connectivity index (χ1v) is 10.3. The van der Waals surface area contributed by atoms with Crippen LogP contribution in [0.3, 0.4) is 0 Å². The molecule has 3 rings (SSSR count). The number of hydrogen-bond donors (Lipinski definition) is 0. The van der Waals surface area contributed by atoms with Crippen molar-refractivity contribution in [2.75, 3.05) is 6.61 Å². The van der Waals surface area contributed by atoms with E-state index >= 15 is 0 Å². The number of carbonyl (C=O) groups excluding carboxylic acids is 3. The molecular formula is C20H30O10. The van der Waals surface area contributed by atoms with Crippen molar-refractivity contribution in [3.05, 3.63) is 0 Å². The zero-order chi connectivity index (χ0) is 21.9. The van der Waals surface area contributed by atoms with Gasteiger partial charge in [0.05, 0.1) is 6.10 Å². The van der Waals surface area contributed by atoms with E-state index in [2.05, 4.69) is 0 Å². The first-order chi connectivity index (χ1) is 14.2. The average molecular weight is 430 g/mol. The number of carbonyl (C=O) groups is 3. The molecule has 170 valence electrons. The molecule has 6 atom stereocenters. The van der Waals surface area contributed by atoms with Crippen LogP contribution in [0.2, 0.25) is 0 Å². The summed E-state index contributed by atoms with van der Waals surface area (Å²) in [6, 6.07) is 0. The van der Waals surface area contributed by atoms with Crippen molar-refractivity contribution < 1.29 is 47.5 Å². The molecule has 2 heterocycles. The summed E-state index contributed by atoms with van der Waals surface area (Å²) in [5, 5.41) is 0. The lowest BCUT2D eigenvalue weighted by atomic mass is 9.98. The number of fused-ring (bicyclic) bond motifs is 1. The maximum Gasteiger partial charge on any atom is 0.303 e. The van der Waals surface area contributed by atoms with Gasteiger partial charge in [0.15, 0.2) is 24.6 Å². The molecule has 1 aliphatic carbocycles. The normalized spacial score (nSPS) is 36.6. The molecule has 10 heteroatoms. The number of hydrogen-bond acceptors (Lipinski definition) is 10. The molecule has 30 heavy (non-hydrogen) atoms. The SMILES string of the molecule is CC(=O)OC[C@H]1O[C@@H]2OC(C)(OC3CCCCC3)O[C@@H]2[C@@H](OC(C)=O)[C@@H]1OC(C)=O. The van der Waals surface area contributed by atoms with Gasteiger partial charge in [-0.1, -0.05) is 19.3 Å². The third-order valence-electron chi connectivity index (χ3n) is 5.26. The van der Waals surface area contributed by atoms with Crippen LogP contribution in [0.1, 0.15) is 59.8 Å². The zero-order valence-electron chi connectivity index (χ0n) is 17.8. The number of rotatable bonds is 6. The van der Waals surface area contributed by atoms with Crippen molar-refractivity contribution in [3.63, 3.8) is 0 Å². The Kier molecular flexibility index (Phi) is 7.33. The Hall–Kier alpha value is -1.75. The van der Waals surface area contributed by atoms with Gasteiger partial charge < -0.3 is 28.4 Å². The molecule has 0 aromatic heterocycles. The second-order valence-electron chi connectivity index (χ2n) is 7.93. The fourth-order valence-corrected chi connectivity index (χ4v) is 4.12. The van der Waals surface area contributed by atoms with E-state index < -0.39 is 54.6 Å². The minimum Gasteiger partial charge on any atom is -0.463 e. The van der Waals surface area contributed by atoms with E-state index in [1.165, 1.54) is 27.2 Å². The van der Waals surface area contributed by atoms with Gasteiger partial charge in [-0.2, -0.15) is 0 Å². The summed E-state index contributed by atoms with van der Waals surface area (Å²) in [4.78, 5) is 34.7. The first kappa shape index (κ1) is 22.9. The molecule has 0 bridgehead atoms. The van der Waals surface area contributed by atoms with Gasteiger partial charge in [0, 0.05) is 27.7 Å². The van der Waals surface area contributed by atoms with Crippen molar-refractivity contribution in [3.8, 4) is 0 Å². The second kappa shape index (κ2) is 9.59. The molecule has 1 saturated carbocycles. The van der Waals surface area contributed by atoms with Crippen LogP contribution in [-0.4, -0.2) is 67.3 Å². The minimum atomic E-state index is -1.41. The summed E-state index contributed by atoms with van der Waals surface area (Å²) in [6.07, 6.45) is 0.252. The number of esters is 3. The average Bonchev–Trinajstić information content (AvgIpc) is 2.98. The number of ether oxygens (including phenoxy) is 7. The molecule has 10 nitrogen and oxygen atoms in total. The third-order valence-corrected chi connectivity index (χ3v) is 5.26. The standard InChI is InChI=1S/C20H30O10/c1-11(21)24-10-15-16(25-12(2)22)17(26-13(3)23)18-19(27-15)30-20(4,29-18)28-14-8-6-5-7-9-14/h14-19H,5-10H2,1-4H3/t15-,16-,17+,18-,19-,20?/m1/s1. The maximum atomic E-state index is 11.8. The molecule has 2 aliphatic heterocycles. The highest BCUT2D eigenvalue weighted by molar-refractivity contribution is 5.67. The van der Waals surface area contributed by atoms with Gasteiger partial charge in [0.2, 0.25) is 0 Å². The first-order valence-electron chi connectivity index (χ1n) is 10.3. The third kappa shape index (κ3) is 5.69. The van der Waals surface area contributed by atoms with Crippen LogP contribution in [0.25, 0.3) is 0 Å². The Morgan fingerprint density at radius 1 is 0.900 bits per heavy atom. The van der Waals surface area contributed by atoms with Crippen LogP contribution in [0.4, 0.5) is 0 Å². The summed E-state index contributed by atoms with van der Waals surface area (Å²) in [5.41, 5.74) is 0. The molecule has 0 spiro atoms. The van der Waals surface area contributed by atoms with Gasteiger partial charge in [-0.15, -0.1) is 0 Å². The maximum absolute atomic E-state index is 11.8. The van der Waals surface area contributed by atoms with Crippen molar-refractivity contribution in [2.24, 2.45) is 0 Å². The molecule has 1 unspecified atom stereocenters. The van der Waals surface area contributed by atoms with Crippen LogP contribution in [0.5, 0.6) is 0 Å². The van der Waals surface area contributed by atoms with Crippen molar-refractivity contribution >= 4 is 17.9 Å². The van der Waals surface area contributed by atoms with E-state index in [0.717, 1.165) is 25.7 Å². The monoisotopic (exact) mass is 430 g/mol. The highest BCUT2D eigenvalue weighted by Gasteiger charge is 2.59. The Morgan fingerprint density at radius 2 is 1.53 bits per heavy atom. The smallest absolute Gasteiger partial charge is 0.303 e. The van der Waals surface area contributed by atoms with Crippen LogP contribution < -0.4 is 0 Å². The van der Waals surface area contributed by atoms with Crippen molar-refractivity contribution in [1.82, 2.24) is 0 Å². The quantitative estimate of drug-likeness (QED) is 0.454. The highest BCUT2D eigenvalue weighted by atomic mass is 16.9. The molecule has 0 radical (unpaired) electrons. The van der Waals surface area contributed by atoms with Crippen molar-refractivity contribution in [2.45, 2.75) is 103 Å². The lowest BCUT2D eigenvalue weighted by molar-refractivity contribution is -0.360. The van der Waals surface area contributed by atoms with Crippen LogP contribution >= 0.6 is 0 Å². The minimum absolute atomic E-state index is 0.0165. The van der Waals surface area contributed by atoms with Gasteiger partial charge in [-0.25, -0.2) is 0 Å². The summed E-state index contributed by atoms with van der Waals surface area (Å²) in [6.45, 7) is 5.14. The molecule has 0 amide bonds. The molecule has 2 saturated heterocycles. The lowest BCUT2D eigenvalue weighted by Gasteiger charge is -2.40. The van der Waals surface area contributed by atoms with Crippen LogP contribution in [-0.2, 0) is 47.5 Å². The van der Waals surface area contributed by atoms with E-state index in [-0.39, 0.29) is 12.7 Å². The summed E-state index contributed by atoms with van der Waals surface area (Å²) in [5.74, 6) is -3.13. The van der Waals surface area contributed by atoms with E-state index in [4.69, 9.17) is 33.2 Å². The Labute approximate surface area is 175 Å². The summed E-state index contributed by atoms with van der Waals surface area (Å²) >= 11 is 0. The predicted octanol–water partition coefficient (Wildman–Crippen LogP) is 1.58. The topological polar surface area (TPSA) is 116 Å². The van der Waals surface area contributed by atoms with E-state index in [1.54, 1.807) is 6.92 Å². The van der Waals surface area contributed by atoms with Crippen LogP contribution in [0, 0.1) is 0 Å². The van der Waals surface area contributed by atoms with Crippen LogP contribution in [0.15, 0.2) is 0 Å². The summed E-state index contributed by atoms with van der Waals surface area (Å²) < 4.78 is 39.8. The molecule has 3 aliphatic rings. The van der Waals surface area contributed by atoms with Gasteiger partial charge in [0.1, 0.15) is 12.7 Å². The second-order valence-corrected chi connectivity index (χ2v) is 7.93. The lowest BCUT2D eigenvalue weighted by Crippen LogP contribution is -2.60. The Morgan fingerprint density at radius 3 is 2.13 bits per heavy atom. The largest absolute Gasteiger partial charge is 0.463 e. The fraction of sp³-hybridized carbons (Fsp3) is 0.850. The van der Waals surface area contributed by atoms with E-state index in [9.17, 15) is 14.4 Å². The molecule has 0 N–H and O–H groups in total. The molecule has 0 aromatic carbocycles. The van der Waals surface area contributed by atoms with E-state index in [1.807, 2.05) is 0 Å². The van der Waals surface area contributed by atoms with Gasteiger partial charge in [0.25, 0.3) is 5.97 Å². The predicted molar refractivity (Wildman–Crippen MR) is 98.7 cm³/mol. The molecular weight excluding hydrogens is 400 g/mol. The highest BCUT2D eigenvalue weighted by Crippen LogP contribution is 2.41. The summed E-state index contributed by atoms with van der Waals surface area (Å²) in [7, 11) is 0.